The van der Waals surface area contributed by atoms with Crippen LogP contribution in [0.2, 0.25) is 5.02 Å². The van der Waals surface area contributed by atoms with E-state index >= 15 is 0 Å². The molecule has 0 bridgehead atoms. The number of aromatic nitrogens is 1. The highest BCUT2D eigenvalue weighted by Crippen LogP contribution is 2.41. The predicted molar refractivity (Wildman–Crippen MR) is 81.8 cm³/mol. The van der Waals surface area contributed by atoms with Crippen LogP contribution >= 0.6 is 11.6 Å². The second-order valence-corrected chi connectivity index (χ2v) is 6.01. The summed E-state index contributed by atoms with van der Waals surface area (Å²) in [6, 6.07) is 8.45. The van der Waals surface area contributed by atoms with Gasteiger partial charge in [-0.25, -0.2) is 0 Å². The van der Waals surface area contributed by atoms with Gasteiger partial charge in [0, 0.05) is 35.8 Å². The van der Waals surface area contributed by atoms with Crippen molar-refractivity contribution in [2.75, 3.05) is 31.2 Å². The molecular formula is C16H17ClN2O. The molecule has 0 atom stereocenters. The minimum absolute atomic E-state index is 0.635. The molecule has 1 saturated heterocycles. The van der Waals surface area contributed by atoms with E-state index in [2.05, 4.69) is 23.1 Å². The molecule has 1 aromatic heterocycles. The van der Waals surface area contributed by atoms with E-state index < -0.39 is 0 Å². The van der Waals surface area contributed by atoms with E-state index in [-0.39, 0.29) is 0 Å². The molecule has 2 aromatic rings. The summed E-state index contributed by atoms with van der Waals surface area (Å²) < 4.78 is 5.40. The number of pyridine rings is 1. The number of hydrogen-bond donors (Lipinski definition) is 0. The Kier molecular flexibility index (Phi) is 3.04. The van der Waals surface area contributed by atoms with Gasteiger partial charge in [0.05, 0.1) is 23.8 Å². The third-order valence-electron chi connectivity index (χ3n) is 4.13. The van der Waals surface area contributed by atoms with E-state index in [0.29, 0.717) is 5.92 Å². The van der Waals surface area contributed by atoms with Gasteiger partial charge in [0.15, 0.2) is 0 Å². The molecule has 3 nitrogen and oxygen atoms in total. The molecule has 4 rings (SSSR count). The van der Waals surface area contributed by atoms with Crippen molar-refractivity contribution in [2.24, 2.45) is 0 Å². The highest BCUT2D eigenvalue weighted by Gasteiger charge is 2.26. The van der Waals surface area contributed by atoms with Gasteiger partial charge < -0.3 is 9.64 Å². The molecule has 0 N–H and O–H groups in total. The van der Waals surface area contributed by atoms with Crippen LogP contribution in [0, 0.1) is 0 Å². The Balaban J connectivity index is 1.74. The lowest BCUT2D eigenvalue weighted by Crippen LogP contribution is -2.36. The lowest BCUT2D eigenvalue weighted by molar-refractivity contribution is 0.122. The van der Waals surface area contributed by atoms with Crippen molar-refractivity contribution in [3.8, 4) is 0 Å². The second kappa shape index (κ2) is 4.90. The summed E-state index contributed by atoms with van der Waals surface area (Å²) in [5.74, 6) is 0.635. The van der Waals surface area contributed by atoms with E-state index in [0.717, 1.165) is 47.9 Å². The topological polar surface area (TPSA) is 25.4 Å². The van der Waals surface area contributed by atoms with Crippen LogP contribution in [0.1, 0.15) is 24.5 Å². The van der Waals surface area contributed by atoms with Crippen LogP contribution in [0.25, 0.3) is 10.9 Å². The molecule has 1 aliphatic heterocycles. The highest BCUT2D eigenvalue weighted by molar-refractivity contribution is 6.35. The zero-order chi connectivity index (χ0) is 13.5. The molecule has 2 fully saturated rings. The van der Waals surface area contributed by atoms with E-state index in [1.165, 1.54) is 18.5 Å². The third-order valence-corrected chi connectivity index (χ3v) is 4.45. The van der Waals surface area contributed by atoms with Crippen molar-refractivity contribution < 1.29 is 4.74 Å². The summed E-state index contributed by atoms with van der Waals surface area (Å²) in [7, 11) is 0. The SMILES string of the molecule is Clc1cc(C2CC2)nc2ccc(N3CCOCC3)cc12. The van der Waals surface area contributed by atoms with Crippen molar-refractivity contribution in [3.63, 3.8) is 0 Å². The van der Waals surface area contributed by atoms with E-state index in [1.54, 1.807) is 0 Å². The van der Waals surface area contributed by atoms with Gasteiger partial charge in [0.2, 0.25) is 0 Å². The van der Waals surface area contributed by atoms with Crippen molar-refractivity contribution in [1.82, 2.24) is 4.98 Å². The molecule has 0 amide bonds. The molecule has 2 aliphatic rings. The maximum atomic E-state index is 6.46. The molecule has 0 radical (unpaired) electrons. The fourth-order valence-corrected chi connectivity index (χ4v) is 3.06. The number of halogens is 1. The van der Waals surface area contributed by atoms with Gasteiger partial charge >= 0.3 is 0 Å². The van der Waals surface area contributed by atoms with Gasteiger partial charge in [-0.1, -0.05) is 11.6 Å². The fourth-order valence-electron chi connectivity index (χ4n) is 2.80. The zero-order valence-electron chi connectivity index (χ0n) is 11.3. The predicted octanol–water partition coefficient (Wildman–Crippen LogP) is 3.60. The van der Waals surface area contributed by atoms with Crippen LogP contribution in [-0.2, 0) is 4.74 Å². The molecule has 0 spiro atoms. The Morgan fingerprint density at radius 3 is 2.70 bits per heavy atom. The lowest BCUT2D eigenvalue weighted by Gasteiger charge is -2.29. The summed E-state index contributed by atoms with van der Waals surface area (Å²) in [5, 5.41) is 1.88. The summed E-state index contributed by atoms with van der Waals surface area (Å²) in [6.07, 6.45) is 2.50. The molecule has 1 aromatic carbocycles. The molecule has 1 aliphatic carbocycles. The van der Waals surface area contributed by atoms with E-state index in [4.69, 9.17) is 21.3 Å². The third kappa shape index (κ3) is 2.25. The summed E-state index contributed by atoms with van der Waals surface area (Å²) in [5.41, 5.74) is 3.38. The first-order chi connectivity index (χ1) is 9.81. The number of anilines is 1. The molecule has 1 saturated carbocycles. The van der Waals surface area contributed by atoms with Gasteiger partial charge in [-0.2, -0.15) is 0 Å². The van der Waals surface area contributed by atoms with Gasteiger partial charge in [0.1, 0.15) is 0 Å². The normalized spacial score (nSPS) is 19.6. The van der Waals surface area contributed by atoms with Gasteiger partial charge in [-0.3, -0.25) is 4.98 Å². The molecule has 104 valence electrons. The number of ether oxygens (including phenoxy) is 1. The van der Waals surface area contributed by atoms with Gasteiger partial charge in [-0.15, -0.1) is 0 Å². The maximum absolute atomic E-state index is 6.46. The van der Waals surface area contributed by atoms with Crippen molar-refractivity contribution >= 4 is 28.2 Å². The first kappa shape index (κ1) is 12.4. The standard InChI is InChI=1S/C16H17ClN2O/c17-14-10-16(11-1-2-11)18-15-4-3-12(9-13(14)15)19-5-7-20-8-6-19/h3-4,9-11H,1-2,5-8H2. The summed E-state index contributed by atoms with van der Waals surface area (Å²) in [6.45, 7) is 3.47. The summed E-state index contributed by atoms with van der Waals surface area (Å²) >= 11 is 6.46. The number of rotatable bonds is 2. The molecule has 2 heterocycles. The zero-order valence-corrected chi connectivity index (χ0v) is 12.1. The van der Waals surface area contributed by atoms with Crippen LogP contribution in [0.5, 0.6) is 0 Å². The Morgan fingerprint density at radius 2 is 1.95 bits per heavy atom. The van der Waals surface area contributed by atoms with Crippen LogP contribution in [0.3, 0.4) is 0 Å². The maximum Gasteiger partial charge on any atom is 0.0721 e. The van der Waals surface area contributed by atoms with Crippen molar-refractivity contribution in [3.05, 3.63) is 35.0 Å². The average molecular weight is 289 g/mol. The van der Waals surface area contributed by atoms with Gasteiger partial charge in [-0.05, 0) is 37.1 Å². The molecule has 0 unspecified atom stereocenters. The first-order valence-electron chi connectivity index (χ1n) is 7.24. The largest absolute Gasteiger partial charge is 0.378 e. The van der Waals surface area contributed by atoms with Crippen LogP contribution in [-0.4, -0.2) is 31.3 Å². The minimum Gasteiger partial charge on any atom is -0.378 e. The van der Waals surface area contributed by atoms with Crippen molar-refractivity contribution in [2.45, 2.75) is 18.8 Å². The molecule has 20 heavy (non-hydrogen) atoms. The Labute approximate surface area is 123 Å². The second-order valence-electron chi connectivity index (χ2n) is 5.60. The number of morpholine rings is 1. The van der Waals surface area contributed by atoms with Crippen molar-refractivity contribution in [1.29, 1.82) is 0 Å². The highest BCUT2D eigenvalue weighted by atomic mass is 35.5. The Morgan fingerprint density at radius 1 is 1.15 bits per heavy atom. The minimum atomic E-state index is 0.635. The van der Waals surface area contributed by atoms with Gasteiger partial charge in [0.25, 0.3) is 0 Å². The van der Waals surface area contributed by atoms with Crippen LogP contribution < -0.4 is 4.90 Å². The average Bonchev–Trinajstić information content (AvgIpc) is 3.32. The monoisotopic (exact) mass is 288 g/mol. The number of nitrogens with zero attached hydrogens (tertiary/aromatic N) is 2. The first-order valence-corrected chi connectivity index (χ1v) is 7.62. The summed E-state index contributed by atoms with van der Waals surface area (Å²) in [4.78, 5) is 7.10. The number of benzene rings is 1. The quantitative estimate of drug-likeness (QED) is 0.844. The fraction of sp³-hybridized carbons (Fsp3) is 0.438. The number of hydrogen-bond acceptors (Lipinski definition) is 3. The van der Waals surface area contributed by atoms with Crippen LogP contribution in [0.4, 0.5) is 5.69 Å². The van der Waals surface area contributed by atoms with E-state index in [1.807, 2.05) is 6.07 Å². The Bertz CT molecular complexity index is 648. The molecule has 4 heteroatoms. The Hall–Kier alpha value is -1.32. The molecular weight excluding hydrogens is 272 g/mol. The smallest absolute Gasteiger partial charge is 0.0721 e. The van der Waals surface area contributed by atoms with Crippen LogP contribution in [0.15, 0.2) is 24.3 Å². The number of fused-ring (bicyclic) bond motifs is 1. The lowest BCUT2D eigenvalue weighted by atomic mass is 10.1. The van der Waals surface area contributed by atoms with E-state index in [9.17, 15) is 0 Å².